The lowest BCUT2D eigenvalue weighted by Crippen LogP contribution is -2.21. The van der Waals surface area contributed by atoms with Gasteiger partial charge in [-0.05, 0) is 42.3 Å². The van der Waals surface area contributed by atoms with Crippen LogP contribution in [-0.4, -0.2) is 42.2 Å². The van der Waals surface area contributed by atoms with Gasteiger partial charge in [0.15, 0.2) is 0 Å². The molecule has 2 N–H and O–H groups in total. The summed E-state index contributed by atoms with van der Waals surface area (Å²) in [5.74, 6) is 0.492. The number of anilines is 1. The molecule has 5 nitrogen and oxygen atoms in total. The van der Waals surface area contributed by atoms with Crippen molar-refractivity contribution in [3.05, 3.63) is 59.7 Å². The number of ether oxygens (including phenoxy) is 1. The van der Waals surface area contributed by atoms with Crippen LogP contribution in [0.4, 0.5) is 5.69 Å². The van der Waals surface area contributed by atoms with E-state index in [2.05, 4.69) is 10.2 Å². The van der Waals surface area contributed by atoms with Crippen molar-refractivity contribution in [1.29, 1.82) is 0 Å². The normalized spacial score (nSPS) is 17.7. The molecule has 0 aliphatic carbocycles. The molecule has 1 fully saturated rings. The summed E-state index contributed by atoms with van der Waals surface area (Å²) in [7, 11) is 1.58. The third kappa shape index (κ3) is 4.13. The third-order valence-electron chi connectivity index (χ3n) is 4.17. The number of nitrogens with one attached hydrogen (secondary N) is 1. The molecule has 0 radical (unpaired) electrons. The van der Waals surface area contributed by atoms with Gasteiger partial charge in [0.2, 0.25) is 0 Å². The zero-order chi connectivity index (χ0) is 16.9. The number of benzene rings is 2. The second-order valence-corrected chi connectivity index (χ2v) is 6.06. The van der Waals surface area contributed by atoms with Gasteiger partial charge in [-0.2, -0.15) is 0 Å². The summed E-state index contributed by atoms with van der Waals surface area (Å²) in [6.07, 6.45) is 0.604. The summed E-state index contributed by atoms with van der Waals surface area (Å²) >= 11 is 0. The second kappa shape index (κ2) is 7.47. The molecule has 2 aromatic rings. The molecular formula is C19H22N2O3. The Hall–Kier alpha value is -2.37. The average molecular weight is 326 g/mol. The Labute approximate surface area is 141 Å². The summed E-state index contributed by atoms with van der Waals surface area (Å²) in [4.78, 5) is 14.6. The quantitative estimate of drug-likeness (QED) is 0.886. The van der Waals surface area contributed by atoms with Crippen molar-refractivity contribution in [2.24, 2.45) is 0 Å². The van der Waals surface area contributed by atoms with E-state index in [1.165, 1.54) is 0 Å². The average Bonchev–Trinajstić information content (AvgIpc) is 3.00. The van der Waals surface area contributed by atoms with E-state index in [0.29, 0.717) is 17.9 Å². The van der Waals surface area contributed by atoms with E-state index in [1.807, 2.05) is 30.3 Å². The van der Waals surface area contributed by atoms with Gasteiger partial charge >= 0.3 is 0 Å². The topological polar surface area (TPSA) is 61.8 Å². The maximum Gasteiger partial charge on any atom is 0.255 e. The Bertz CT molecular complexity index is 717. The lowest BCUT2D eigenvalue weighted by Gasteiger charge is -2.15. The summed E-state index contributed by atoms with van der Waals surface area (Å²) in [6, 6.07) is 14.9. The minimum atomic E-state index is -0.221. The van der Waals surface area contributed by atoms with Crippen LogP contribution < -0.4 is 10.1 Å². The van der Waals surface area contributed by atoms with Gasteiger partial charge in [-0.25, -0.2) is 0 Å². The highest BCUT2D eigenvalue weighted by molar-refractivity contribution is 6.04. The molecule has 1 aliphatic rings. The molecule has 126 valence electrons. The first kappa shape index (κ1) is 16.5. The van der Waals surface area contributed by atoms with Crippen molar-refractivity contribution in [3.8, 4) is 5.75 Å². The van der Waals surface area contributed by atoms with Gasteiger partial charge in [0.1, 0.15) is 5.75 Å². The summed E-state index contributed by atoms with van der Waals surface area (Å²) in [5.41, 5.74) is 2.44. The van der Waals surface area contributed by atoms with Crippen molar-refractivity contribution in [2.75, 3.05) is 25.5 Å². The highest BCUT2D eigenvalue weighted by Gasteiger charge is 2.20. The number of carbonyl (C=O) groups excluding carboxylic acids is 1. The number of carbonyl (C=O) groups is 1. The van der Waals surface area contributed by atoms with Crippen LogP contribution in [0.2, 0.25) is 0 Å². The van der Waals surface area contributed by atoms with Crippen LogP contribution in [0.15, 0.2) is 48.5 Å². The fourth-order valence-corrected chi connectivity index (χ4v) is 2.93. The van der Waals surface area contributed by atoms with Gasteiger partial charge in [0.05, 0.1) is 13.2 Å². The van der Waals surface area contributed by atoms with Crippen LogP contribution in [0.25, 0.3) is 0 Å². The molecule has 1 amide bonds. The lowest BCUT2D eigenvalue weighted by atomic mass is 10.1. The number of β-amino-alcohol motifs (C(OH)–C–C–N with tert-alkyl or cyclic N) is 1. The first-order chi connectivity index (χ1) is 11.6. The van der Waals surface area contributed by atoms with E-state index < -0.39 is 0 Å². The first-order valence-corrected chi connectivity index (χ1v) is 8.09. The molecule has 1 heterocycles. The molecule has 0 spiro atoms. The van der Waals surface area contributed by atoms with Gasteiger partial charge in [0, 0.05) is 30.9 Å². The van der Waals surface area contributed by atoms with Crippen molar-refractivity contribution in [1.82, 2.24) is 4.90 Å². The van der Waals surface area contributed by atoms with Crippen LogP contribution in [0.3, 0.4) is 0 Å². The minimum absolute atomic E-state index is 0.164. The van der Waals surface area contributed by atoms with Crippen molar-refractivity contribution in [3.63, 3.8) is 0 Å². The zero-order valence-corrected chi connectivity index (χ0v) is 13.7. The van der Waals surface area contributed by atoms with Gasteiger partial charge in [0.25, 0.3) is 5.91 Å². The van der Waals surface area contributed by atoms with E-state index in [0.717, 1.165) is 30.8 Å². The Kier molecular flexibility index (Phi) is 5.13. The monoisotopic (exact) mass is 326 g/mol. The molecule has 3 rings (SSSR count). The fourth-order valence-electron chi connectivity index (χ4n) is 2.93. The summed E-state index contributed by atoms with van der Waals surface area (Å²) < 4.78 is 5.15. The van der Waals surface area contributed by atoms with Crippen LogP contribution in [0.5, 0.6) is 5.75 Å². The highest BCUT2D eigenvalue weighted by atomic mass is 16.5. The van der Waals surface area contributed by atoms with Gasteiger partial charge in [-0.1, -0.05) is 18.2 Å². The van der Waals surface area contributed by atoms with E-state index in [4.69, 9.17) is 4.74 Å². The van der Waals surface area contributed by atoms with Crippen LogP contribution in [0, 0.1) is 0 Å². The first-order valence-electron chi connectivity index (χ1n) is 8.09. The van der Waals surface area contributed by atoms with Gasteiger partial charge in [-0.3, -0.25) is 9.69 Å². The maximum atomic E-state index is 12.4. The minimum Gasteiger partial charge on any atom is -0.497 e. The van der Waals surface area contributed by atoms with Crippen LogP contribution >= 0.6 is 0 Å². The predicted molar refractivity (Wildman–Crippen MR) is 93.3 cm³/mol. The van der Waals surface area contributed by atoms with E-state index in [9.17, 15) is 9.90 Å². The molecule has 24 heavy (non-hydrogen) atoms. The maximum absolute atomic E-state index is 12.4. The lowest BCUT2D eigenvalue weighted by molar-refractivity contribution is 0.102. The van der Waals surface area contributed by atoms with Crippen LogP contribution in [-0.2, 0) is 6.54 Å². The number of hydrogen-bond donors (Lipinski definition) is 2. The van der Waals surface area contributed by atoms with E-state index in [-0.39, 0.29) is 12.0 Å². The van der Waals surface area contributed by atoms with Gasteiger partial charge < -0.3 is 15.2 Å². The molecule has 5 heteroatoms. The Balaban J connectivity index is 1.66. The largest absolute Gasteiger partial charge is 0.497 e. The number of aliphatic hydroxyl groups is 1. The van der Waals surface area contributed by atoms with Crippen molar-refractivity contribution >= 4 is 11.6 Å². The second-order valence-electron chi connectivity index (χ2n) is 6.06. The van der Waals surface area contributed by atoms with Crippen molar-refractivity contribution in [2.45, 2.75) is 19.1 Å². The molecule has 0 saturated carbocycles. The van der Waals surface area contributed by atoms with Crippen LogP contribution in [0.1, 0.15) is 22.3 Å². The number of amides is 1. The Morgan fingerprint density at radius 1 is 1.29 bits per heavy atom. The molecular weight excluding hydrogens is 304 g/mol. The van der Waals surface area contributed by atoms with Crippen molar-refractivity contribution < 1.29 is 14.6 Å². The number of hydrogen-bond acceptors (Lipinski definition) is 4. The third-order valence-corrected chi connectivity index (χ3v) is 4.17. The fraction of sp³-hybridized carbons (Fsp3) is 0.316. The molecule has 0 aromatic heterocycles. The Morgan fingerprint density at radius 3 is 2.88 bits per heavy atom. The molecule has 1 aliphatic heterocycles. The number of aliphatic hydroxyl groups excluding tert-OH is 1. The number of likely N-dealkylation sites (tertiary alicyclic amines) is 1. The molecule has 1 saturated heterocycles. The zero-order valence-electron chi connectivity index (χ0n) is 13.7. The van der Waals surface area contributed by atoms with Gasteiger partial charge in [-0.15, -0.1) is 0 Å². The summed E-state index contributed by atoms with van der Waals surface area (Å²) in [5, 5.41) is 12.5. The molecule has 0 bridgehead atoms. The standard InChI is InChI=1S/C19H22N2O3/c1-24-18-7-3-5-15(11-18)19(23)20-16-6-2-4-14(10-16)12-21-9-8-17(22)13-21/h2-7,10-11,17,22H,8-9,12-13H2,1H3,(H,20,23). The Morgan fingerprint density at radius 2 is 2.12 bits per heavy atom. The molecule has 2 aromatic carbocycles. The van der Waals surface area contributed by atoms with E-state index in [1.54, 1.807) is 25.3 Å². The summed E-state index contributed by atoms with van der Waals surface area (Å²) in [6.45, 7) is 2.39. The highest BCUT2D eigenvalue weighted by Crippen LogP contribution is 2.18. The SMILES string of the molecule is COc1cccc(C(=O)Nc2cccc(CN3CCC(O)C3)c2)c1. The van der Waals surface area contributed by atoms with E-state index >= 15 is 0 Å². The molecule has 1 unspecified atom stereocenters. The predicted octanol–water partition coefficient (Wildman–Crippen LogP) is 2.51. The smallest absolute Gasteiger partial charge is 0.255 e. The number of nitrogens with zero attached hydrogens (tertiary/aromatic N) is 1. The molecule has 1 atom stereocenters. The number of rotatable bonds is 5. The number of methoxy groups -OCH3 is 1.